The van der Waals surface area contributed by atoms with Crippen LogP contribution in [0.3, 0.4) is 0 Å². The summed E-state index contributed by atoms with van der Waals surface area (Å²) in [4.78, 5) is 32.6. The molecule has 10 heteroatoms. The number of halogens is 3. The third kappa shape index (κ3) is 5.60. The summed E-state index contributed by atoms with van der Waals surface area (Å²) in [6.07, 6.45) is 3.80. The summed E-state index contributed by atoms with van der Waals surface area (Å²) in [7, 11) is -2.47. The molecule has 0 unspecified atom stereocenters. The molecule has 3 aromatic heterocycles. The van der Waals surface area contributed by atoms with Crippen molar-refractivity contribution in [1.29, 1.82) is 0 Å². The molecule has 3 heterocycles. The molecule has 1 aromatic carbocycles. The lowest BCUT2D eigenvalue weighted by molar-refractivity contribution is 0.431. The summed E-state index contributed by atoms with van der Waals surface area (Å²) in [5.41, 5.74) is -0.498. The van der Waals surface area contributed by atoms with Crippen LogP contribution in [-0.2, 0) is 6.54 Å². The quantitative estimate of drug-likeness (QED) is 0.261. The van der Waals surface area contributed by atoms with Gasteiger partial charge >= 0.3 is 0 Å². The lowest BCUT2D eigenvalue weighted by Crippen LogP contribution is -2.39. The van der Waals surface area contributed by atoms with Gasteiger partial charge in [0, 0.05) is 24.2 Å². The van der Waals surface area contributed by atoms with Crippen LogP contribution in [0.5, 0.6) is 0 Å². The van der Waals surface area contributed by atoms with E-state index in [9.17, 15) is 22.8 Å². The van der Waals surface area contributed by atoms with E-state index in [4.69, 9.17) is 0 Å². The van der Waals surface area contributed by atoms with Gasteiger partial charge in [-0.15, -0.1) is 0 Å². The lowest BCUT2D eigenvalue weighted by Gasteiger charge is -2.35. The maximum absolute atomic E-state index is 14.7. The van der Waals surface area contributed by atoms with Crippen molar-refractivity contribution in [2.75, 3.05) is 5.32 Å². The third-order valence-electron chi connectivity index (χ3n) is 7.03. The third-order valence-corrected chi connectivity index (χ3v) is 10.6. The summed E-state index contributed by atoms with van der Waals surface area (Å²) < 4.78 is 44.0. The number of anilines is 2. The van der Waals surface area contributed by atoms with Crippen LogP contribution in [-0.4, -0.2) is 27.6 Å². The van der Waals surface area contributed by atoms with Crippen molar-refractivity contribution in [3.05, 3.63) is 82.7 Å². The van der Waals surface area contributed by atoms with Crippen molar-refractivity contribution in [3.8, 4) is 11.1 Å². The monoisotopic (exact) mass is 526 g/mol. The fourth-order valence-electron chi connectivity index (χ4n) is 4.06. The molecule has 0 spiro atoms. The summed E-state index contributed by atoms with van der Waals surface area (Å²) in [6, 6.07) is 9.29. The predicted molar refractivity (Wildman–Crippen MR) is 142 cm³/mol. The molecular formula is C27H29F3N4O2Si. The van der Waals surface area contributed by atoms with Crippen LogP contribution in [0, 0.1) is 17.5 Å². The normalized spacial score (nSPS) is 12.2. The fourth-order valence-corrected chi connectivity index (χ4v) is 4.85. The molecule has 37 heavy (non-hydrogen) atoms. The molecule has 0 amide bonds. The van der Waals surface area contributed by atoms with Crippen LogP contribution in [0.2, 0.25) is 18.1 Å². The maximum Gasteiger partial charge on any atom is 0.259 e. The number of benzene rings is 1. The minimum atomic E-state index is -2.47. The number of rotatable bonds is 8. The van der Waals surface area contributed by atoms with Crippen molar-refractivity contribution in [2.45, 2.75) is 51.4 Å². The van der Waals surface area contributed by atoms with Crippen LogP contribution in [0.25, 0.3) is 22.0 Å². The van der Waals surface area contributed by atoms with Gasteiger partial charge in [-0.3, -0.25) is 4.79 Å². The van der Waals surface area contributed by atoms with Crippen LogP contribution in [0.4, 0.5) is 24.8 Å². The van der Waals surface area contributed by atoms with E-state index in [0.29, 0.717) is 35.4 Å². The molecule has 0 saturated heterocycles. The first-order valence-corrected chi connectivity index (χ1v) is 14.9. The van der Waals surface area contributed by atoms with E-state index in [1.165, 1.54) is 35.0 Å². The van der Waals surface area contributed by atoms with Crippen molar-refractivity contribution >= 4 is 30.9 Å². The number of hydrogen-bond donors (Lipinski definition) is 2. The van der Waals surface area contributed by atoms with Crippen LogP contribution < -0.4 is 10.9 Å². The molecule has 0 aliphatic heterocycles. The molecule has 0 fully saturated rings. The van der Waals surface area contributed by atoms with Gasteiger partial charge in [0.2, 0.25) is 0 Å². The van der Waals surface area contributed by atoms with Crippen molar-refractivity contribution < 1.29 is 18.0 Å². The average Bonchev–Trinajstić information content (AvgIpc) is 2.82. The van der Waals surface area contributed by atoms with Gasteiger partial charge < -0.3 is 14.7 Å². The van der Waals surface area contributed by atoms with Gasteiger partial charge in [0.1, 0.15) is 29.1 Å². The predicted octanol–water partition coefficient (Wildman–Crippen LogP) is 6.38. The van der Waals surface area contributed by atoms with Crippen LogP contribution in [0.15, 0.2) is 59.7 Å². The Labute approximate surface area is 214 Å². The van der Waals surface area contributed by atoms with E-state index in [0.717, 1.165) is 18.3 Å². The van der Waals surface area contributed by atoms with Gasteiger partial charge in [0.15, 0.2) is 8.32 Å². The lowest BCUT2D eigenvalue weighted by atomic mass is 10.0. The number of nitrogens with one attached hydrogen (secondary N) is 1. The highest BCUT2D eigenvalue weighted by Crippen LogP contribution is 2.40. The fraction of sp³-hybridized carbons (Fsp3) is 0.296. The van der Waals surface area contributed by atoms with Gasteiger partial charge in [0.05, 0.1) is 22.8 Å². The Bertz CT molecular complexity index is 1480. The number of hydrogen-bond acceptors (Lipinski definition) is 5. The van der Waals surface area contributed by atoms with Crippen molar-refractivity contribution in [1.82, 2.24) is 14.5 Å². The second-order valence-electron chi connectivity index (χ2n) is 10.3. The molecule has 2 N–H and O–H groups in total. The summed E-state index contributed by atoms with van der Waals surface area (Å²) >= 11 is 0. The molecule has 4 rings (SSSR count). The van der Waals surface area contributed by atoms with Gasteiger partial charge in [-0.2, -0.15) is 0 Å². The van der Waals surface area contributed by atoms with E-state index >= 15 is 0 Å². The topological polar surface area (TPSA) is 80.0 Å². The zero-order chi connectivity index (χ0) is 27.0. The van der Waals surface area contributed by atoms with Crippen molar-refractivity contribution in [2.24, 2.45) is 0 Å². The Morgan fingerprint density at radius 3 is 2.30 bits per heavy atom. The molecule has 4 aromatic rings. The standard InChI is InChI=1S/C27H29F3N4O2Si/c1-27(2,37(3,4)36)11-6-12-34-22-14-24(33-23-10-9-18(28)16-32-23)31-15-17(22)13-19(26(34)35)25-20(29)7-5-8-21(25)30/h5,7-10,13-16,36H,6,11-12H2,1-4H3,(H,31,32,33). The van der Waals surface area contributed by atoms with Gasteiger partial charge in [-0.25, -0.2) is 23.1 Å². The van der Waals surface area contributed by atoms with Gasteiger partial charge in [-0.1, -0.05) is 19.9 Å². The Morgan fingerprint density at radius 1 is 1.00 bits per heavy atom. The second kappa shape index (κ2) is 10.1. The van der Waals surface area contributed by atoms with E-state index in [1.807, 2.05) is 26.9 Å². The summed E-state index contributed by atoms with van der Waals surface area (Å²) in [5.74, 6) is -1.40. The van der Waals surface area contributed by atoms with E-state index in [-0.39, 0.29) is 22.7 Å². The molecule has 0 radical (unpaired) electrons. The average molecular weight is 527 g/mol. The minimum Gasteiger partial charge on any atom is -0.432 e. The second-order valence-corrected chi connectivity index (χ2v) is 14.7. The highest BCUT2D eigenvalue weighted by atomic mass is 28.4. The van der Waals surface area contributed by atoms with Gasteiger partial charge in [-0.05, 0) is 61.3 Å². The zero-order valence-electron chi connectivity index (χ0n) is 21.1. The first-order chi connectivity index (χ1) is 17.4. The highest BCUT2D eigenvalue weighted by Gasteiger charge is 2.37. The first-order valence-electron chi connectivity index (χ1n) is 12.0. The summed E-state index contributed by atoms with van der Waals surface area (Å²) in [6.45, 7) is 8.04. The van der Waals surface area contributed by atoms with Crippen molar-refractivity contribution in [3.63, 3.8) is 0 Å². The maximum atomic E-state index is 14.7. The number of pyridine rings is 3. The zero-order valence-corrected chi connectivity index (χ0v) is 22.1. The molecular weight excluding hydrogens is 497 g/mol. The number of aromatic nitrogens is 3. The van der Waals surface area contributed by atoms with E-state index in [2.05, 4.69) is 15.3 Å². The SMILES string of the molecule is CC(C)(CCCn1c(=O)c(-c2c(F)cccc2F)cc2cnc(Nc3ccc(F)cn3)cc21)[Si](C)(C)O. The molecule has 0 aliphatic rings. The van der Waals surface area contributed by atoms with E-state index < -0.39 is 31.3 Å². The largest absolute Gasteiger partial charge is 0.432 e. The number of fused-ring (bicyclic) bond motifs is 1. The highest BCUT2D eigenvalue weighted by molar-refractivity contribution is 6.72. The Hall–Kier alpha value is -3.50. The van der Waals surface area contributed by atoms with Crippen LogP contribution >= 0.6 is 0 Å². The summed E-state index contributed by atoms with van der Waals surface area (Å²) in [5, 5.41) is 3.20. The molecule has 0 atom stereocenters. The van der Waals surface area contributed by atoms with Gasteiger partial charge in [0.25, 0.3) is 5.56 Å². The molecule has 0 aliphatic carbocycles. The minimum absolute atomic E-state index is 0.0954. The van der Waals surface area contributed by atoms with Crippen LogP contribution in [0.1, 0.15) is 26.7 Å². The Morgan fingerprint density at radius 2 is 1.68 bits per heavy atom. The Kier molecular flexibility index (Phi) is 7.25. The smallest absolute Gasteiger partial charge is 0.259 e. The number of aryl methyl sites for hydroxylation is 1. The molecule has 6 nitrogen and oxygen atoms in total. The van der Waals surface area contributed by atoms with E-state index in [1.54, 1.807) is 6.07 Å². The number of nitrogens with zero attached hydrogens (tertiary/aromatic N) is 3. The first kappa shape index (κ1) is 26.6. The molecule has 194 valence electrons. The molecule has 0 bridgehead atoms. The Balaban J connectivity index is 1.81. The molecule has 0 saturated carbocycles.